The van der Waals surface area contributed by atoms with E-state index >= 15 is 0 Å². The zero-order chi connectivity index (χ0) is 20.3. The van der Waals surface area contributed by atoms with Gasteiger partial charge in [0, 0.05) is 6.54 Å². The maximum absolute atomic E-state index is 12.4. The number of ether oxygens (including phenoxy) is 1. The molecule has 2 aromatic heterocycles. The van der Waals surface area contributed by atoms with Crippen molar-refractivity contribution in [2.24, 2.45) is 0 Å². The fraction of sp³-hybridized carbons (Fsp3) is 0.300. The van der Waals surface area contributed by atoms with Crippen LogP contribution in [-0.4, -0.2) is 27.5 Å². The summed E-state index contributed by atoms with van der Waals surface area (Å²) in [6, 6.07) is 8.23. The van der Waals surface area contributed by atoms with Gasteiger partial charge in [-0.05, 0) is 51.1 Å². The number of nitrogens with one attached hydrogen (secondary N) is 1. The number of carbonyl (C=O) groups is 2. The van der Waals surface area contributed by atoms with Crippen molar-refractivity contribution in [3.05, 3.63) is 64.0 Å². The van der Waals surface area contributed by atoms with E-state index in [1.165, 1.54) is 13.2 Å². The van der Waals surface area contributed by atoms with Crippen molar-refractivity contribution in [2.45, 2.75) is 40.0 Å². The van der Waals surface area contributed by atoms with Crippen LogP contribution in [0.3, 0.4) is 0 Å². The second-order valence-corrected chi connectivity index (χ2v) is 6.29. The van der Waals surface area contributed by atoms with Gasteiger partial charge in [-0.3, -0.25) is 9.59 Å². The number of hydrogen-bond acceptors (Lipinski definition) is 6. The van der Waals surface area contributed by atoms with Crippen molar-refractivity contribution in [1.29, 1.82) is 0 Å². The fourth-order valence-electron chi connectivity index (χ4n) is 2.83. The Labute approximate surface area is 161 Å². The quantitative estimate of drug-likeness (QED) is 0.655. The van der Waals surface area contributed by atoms with E-state index in [9.17, 15) is 14.4 Å². The van der Waals surface area contributed by atoms with E-state index < -0.39 is 18.0 Å². The van der Waals surface area contributed by atoms with Crippen molar-refractivity contribution >= 4 is 22.9 Å². The smallest absolute Gasteiger partial charge is 0.338 e. The van der Waals surface area contributed by atoms with Gasteiger partial charge < -0.3 is 19.0 Å². The summed E-state index contributed by atoms with van der Waals surface area (Å²) in [6.07, 6.45) is 0.538. The molecule has 3 aromatic rings. The lowest BCUT2D eigenvalue weighted by atomic mass is 10.2. The number of furan rings is 1. The molecule has 0 saturated heterocycles. The molecule has 0 aliphatic carbocycles. The van der Waals surface area contributed by atoms with Gasteiger partial charge in [-0.1, -0.05) is 0 Å². The summed E-state index contributed by atoms with van der Waals surface area (Å²) < 4.78 is 12.0. The van der Waals surface area contributed by atoms with Crippen LogP contribution in [0.1, 0.15) is 35.7 Å². The lowest BCUT2D eigenvalue weighted by molar-refractivity contribution is -0.129. The third-order valence-electron chi connectivity index (χ3n) is 4.33. The highest BCUT2D eigenvalue weighted by Gasteiger charge is 2.20. The lowest BCUT2D eigenvalue weighted by Gasteiger charge is -2.14. The molecule has 1 atom stereocenters. The van der Waals surface area contributed by atoms with Gasteiger partial charge in [-0.25, -0.2) is 9.78 Å². The summed E-state index contributed by atoms with van der Waals surface area (Å²) in [5.41, 5.74) is 1.60. The number of benzene rings is 1. The first kappa shape index (κ1) is 19.3. The van der Waals surface area contributed by atoms with Crippen molar-refractivity contribution in [2.75, 3.05) is 0 Å². The van der Waals surface area contributed by atoms with Crippen molar-refractivity contribution in [1.82, 2.24) is 14.9 Å². The number of aromatic nitrogens is 2. The molecule has 0 bridgehead atoms. The molecule has 1 N–H and O–H groups in total. The largest absolute Gasteiger partial charge is 0.467 e. The predicted octanol–water partition coefficient (Wildman–Crippen LogP) is 2.18. The van der Waals surface area contributed by atoms with Gasteiger partial charge in [0.1, 0.15) is 11.5 Å². The molecule has 8 heteroatoms. The Kier molecular flexibility index (Phi) is 5.58. The first-order valence-electron chi connectivity index (χ1n) is 8.93. The average molecular weight is 383 g/mol. The minimum Gasteiger partial charge on any atom is -0.467 e. The molecule has 0 spiro atoms. The second kappa shape index (κ2) is 8.08. The highest BCUT2D eigenvalue weighted by molar-refractivity contribution is 5.95. The molecule has 2 heterocycles. The topological polar surface area (TPSA) is 103 Å². The van der Waals surface area contributed by atoms with Crippen molar-refractivity contribution in [3.63, 3.8) is 0 Å². The normalized spacial score (nSPS) is 12.0. The van der Waals surface area contributed by atoms with Crippen LogP contribution < -0.4 is 10.9 Å². The number of fused-ring (bicyclic) bond motifs is 1. The van der Waals surface area contributed by atoms with E-state index in [2.05, 4.69) is 10.3 Å². The van der Waals surface area contributed by atoms with Crippen LogP contribution in [0.5, 0.6) is 0 Å². The summed E-state index contributed by atoms with van der Waals surface area (Å²) in [5.74, 6) is -0.472. The van der Waals surface area contributed by atoms with Crippen molar-refractivity contribution < 1.29 is 18.7 Å². The summed E-state index contributed by atoms with van der Waals surface area (Å²) in [5, 5.41) is 2.64. The van der Waals surface area contributed by atoms with Crippen LogP contribution in [0.2, 0.25) is 0 Å². The van der Waals surface area contributed by atoms with Crippen LogP contribution in [-0.2, 0) is 22.6 Å². The summed E-state index contributed by atoms with van der Waals surface area (Å²) in [6.45, 7) is 5.69. The number of esters is 1. The summed E-state index contributed by atoms with van der Waals surface area (Å²) >= 11 is 0. The molecular weight excluding hydrogens is 362 g/mol. The Hall–Kier alpha value is -3.42. The Morgan fingerprint density at radius 3 is 2.79 bits per heavy atom. The molecule has 0 aliphatic rings. The zero-order valence-electron chi connectivity index (χ0n) is 15.9. The van der Waals surface area contributed by atoms with E-state index in [0.717, 1.165) is 0 Å². The molecular formula is C20H21N3O5. The minimum absolute atomic E-state index is 0.160. The van der Waals surface area contributed by atoms with Gasteiger partial charge >= 0.3 is 5.97 Å². The second-order valence-electron chi connectivity index (χ2n) is 6.29. The molecule has 8 nitrogen and oxygen atoms in total. The van der Waals surface area contributed by atoms with E-state index in [-0.39, 0.29) is 17.7 Å². The minimum atomic E-state index is -0.975. The summed E-state index contributed by atoms with van der Waals surface area (Å²) in [7, 11) is 0. The van der Waals surface area contributed by atoms with Gasteiger partial charge in [-0.2, -0.15) is 0 Å². The number of rotatable bonds is 6. The standard InChI is InChI=1S/C20H21N3O5/c1-4-23-17-8-7-14(10-16(17)22-12(2)19(23)25)20(26)28-13(3)18(24)21-11-15-6-5-9-27-15/h5-10,13H,4,11H2,1-3H3,(H,21,24)/t13-/m0/s1. The molecule has 0 aliphatic heterocycles. The average Bonchev–Trinajstić information content (AvgIpc) is 3.20. The number of hydrogen-bond donors (Lipinski definition) is 1. The number of amides is 1. The molecule has 146 valence electrons. The van der Waals surface area contributed by atoms with Crippen molar-refractivity contribution in [3.8, 4) is 0 Å². The lowest BCUT2D eigenvalue weighted by Crippen LogP contribution is -2.35. The third kappa shape index (κ3) is 3.95. The Balaban J connectivity index is 1.73. The van der Waals surface area contributed by atoms with E-state index in [1.54, 1.807) is 41.8 Å². The molecule has 0 unspecified atom stereocenters. The van der Waals surface area contributed by atoms with E-state index in [0.29, 0.717) is 29.0 Å². The first-order valence-corrected chi connectivity index (χ1v) is 8.93. The maximum atomic E-state index is 12.4. The molecule has 0 fully saturated rings. The van der Waals surface area contributed by atoms with Crippen LogP contribution in [0.15, 0.2) is 45.8 Å². The molecule has 1 amide bonds. The molecule has 3 rings (SSSR count). The van der Waals surface area contributed by atoms with Gasteiger partial charge in [0.2, 0.25) is 0 Å². The van der Waals surface area contributed by atoms with Gasteiger partial charge in [-0.15, -0.1) is 0 Å². The molecule has 1 aromatic carbocycles. The molecule has 0 saturated carbocycles. The SMILES string of the molecule is CCn1c(=O)c(C)nc2cc(C(=O)O[C@@H](C)C(=O)NCc3ccco3)ccc21. The summed E-state index contributed by atoms with van der Waals surface area (Å²) in [4.78, 5) is 41.0. The Morgan fingerprint density at radius 2 is 2.11 bits per heavy atom. The van der Waals surface area contributed by atoms with Crippen LogP contribution in [0.25, 0.3) is 11.0 Å². The highest BCUT2D eigenvalue weighted by Crippen LogP contribution is 2.15. The van der Waals surface area contributed by atoms with Gasteiger partial charge in [0.15, 0.2) is 6.10 Å². The maximum Gasteiger partial charge on any atom is 0.338 e. The monoisotopic (exact) mass is 383 g/mol. The van der Waals surface area contributed by atoms with Crippen LogP contribution in [0.4, 0.5) is 0 Å². The highest BCUT2D eigenvalue weighted by atomic mass is 16.5. The molecule has 28 heavy (non-hydrogen) atoms. The van der Waals surface area contributed by atoms with Crippen LogP contribution >= 0.6 is 0 Å². The predicted molar refractivity (Wildman–Crippen MR) is 102 cm³/mol. The van der Waals surface area contributed by atoms with Gasteiger partial charge in [0.05, 0.1) is 29.4 Å². The van der Waals surface area contributed by atoms with Crippen LogP contribution in [0, 0.1) is 6.92 Å². The first-order chi connectivity index (χ1) is 13.4. The number of carbonyl (C=O) groups excluding carboxylic acids is 2. The third-order valence-corrected chi connectivity index (χ3v) is 4.33. The zero-order valence-corrected chi connectivity index (χ0v) is 15.9. The fourth-order valence-corrected chi connectivity index (χ4v) is 2.83. The Morgan fingerprint density at radius 1 is 1.32 bits per heavy atom. The number of nitrogens with zero attached hydrogens (tertiary/aromatic N) is 2. The van der Waals surface area contributed by atoms with E-state index in [4.69, 9.17) is 9.15 Å². The van der Waals surface area contributed by atoms with E-state index in [1.807, 2.05) is 6.92 Å². The van der Waals surface area contributed by atoms with Gasteiger partial charge in [0.25, 0.3) is 11.5 Å². The Bertz CT molecular complexity index is 1070. The molecule has 0 radical (unpaired) electrons. The number of aryl methyl sites for hydroxylation is 2.